The number of rotatable bonds is 9. The van der Waals surface area contributed by atoms with Gasteiger partial charge in [-0.1, -0.05) is 42.5 Å². The summed E-state index contributed by atoms with van der Waals surface area (Å²) in [5.41, 5.74) is 1.29. The maximum atomic E-state index is 13.4. The van der Waals surface area contributed by atoms with Crippen LogP contribution < -0.4 is 5.32 Å². The second-order valence-corrected chi connectivity index (χ2v) is 9.91. The van der Waals surface area contributed by atoms with Gasteiger partial charge in [0.15, 0.2) is 11.5 Å². The number of hydrogen-bond acceptors (Lipinski definition) is 7. The highest BCUT2D eigenvalue weighted by atomic mass is 32.2. The molecule has 1 amide bonds. The van der Waals surface area contributed by atoms with Crippen molar-refractivity contribution in [3.05, 3.63) is 102 Å². The van der Waals surface area contributed by atoms with Gasteiger partial charge in [0.1, 0.15) is 11.7 Å². The van der Waals surface area contributed by atoms with Crippen molar-refractivity contribution in [1.82, 2.24) is 20.3 Å². The molecule has 0 aliphatic carbocycles. The quantitative estimate of drug-likeness (QED) is 0.216. The summed E-state index contributed by atoms with van der Waals surface area (Å²) in [4.78, 5) is 38.4. The Bertz CT molecular complexity index is 1690. The summed E-state index contributed by atoms with van der Waals surface area (Å²) in [6.45, 7) is 0. The average molecular weight is 579 g/mol. The average Bonchev–Trinajstić information content (AvgIpc) is 3.42. The second kappa shape index (κ2) is 11.8. The van der Waals surface area contributed by atoms with Gasteiger partial charge in [-0.15, -0.1) is 0 Å². The molecule has 0 fully saturated rings. The van der Waals surface area contributed by atoms with Gasteiger partial charge in [0.05, 0.1) is 22.8 Å². The van der Waals surface area contributed by atoms with E-state index in [0.29, 0.717) is 16.8 Å². The van der Waals surface area contributed by atoms with E-state index in [4.69, 9.17) is 4.42 Å². The molecule has 8 nitrogen and oxygen atoms in total. The molecular formula is C29H21F3N4O4S. The maximum absolute atomic E-state index is 13.4. The van der Waals surface area contributed by atoms with Gasteiger partial charge < -0.3 is 14.8 Å². The smallest absolute Gasteiger partial charge is 0.416 e. The zero-order chi connectivity index (χ0) is 29.0. The number of nitrogens with zero attached hydrogens (tertiary/aromatic N) is 3. The molecule has 0 saturated heterocycles. The monoisotopic (exact) mass is 578 g/mol. The molecule has 2 aromatic heterocycles. The molecule has 0 spiro atoms. The van der Waals surface area contributed by atoms with Gasteiger partial charge in [-0.05, 0) is 42.0 Å². The van der Waals surface area contributed by atoms with Gasteiger partial charge in [0.25, 0.3) is 5.91 Å². The first-order valence-electron chi connectivity index (χ1n) is 12.2. The summed E-state index contributed by atoms with van der Waals surface area (Å²) >= 11 is 1.33. The molecule has 0 saturated carbocycles. The van der Waals surface area contributed by atoms with E-state index in [9.17, 15) is 27.9 Å². The van der Waals surface area contributed by atoms with Gasteiger partial charge in [-0.3, -0.25) is 9.78 Å². The van der Waals surface area contributed by atoms with Crippen molar-refractivity contribution in [3.63, 3.8) is 0 Å². The summed E-state index contributed by atoms with van der Waals surface area (Å²) in [5, 5.41) is 12.2. The highest BCUT2D eigenvalue weighted by molar-refractivity contribution is 7.98. The number of carbonyl (C=O) groups is 2. The molecule has 0 aliphatic rings. The van der Waals surface area contributed by atoms with Crippen molar-refractivity contribution in [3.8, 4) is 22.9 Å². The fourth-order valence-electron chi connectivity index (χ4n) is 3.91. The minimum Gasteiger partial charge on any atom is -0.480 e. The van der Waals surface area contributed by atoms with Crippen LogP contribution >= 0.6 is 11.8 Å². The molecule has 0 aliphatic heterocycles. The number of hydrogen-bond donors (Lipinski definition) is 2. The molecular weight excluding hydrogens is 557 g/mol. The lowest BCUT2D eigenvalue weighted by Crippen LogP contribution is -2.42. The van der Waals surface area contributed by atoms with Crippen LogP contribution in [0.4, 0.5) is 13.2 Å². The van der Waals surface area contributed by atoms with Crippen molar-refractivity contribution >= 4 is 34.7 Å². The number of aliphatic carboxylic acids is 1. The van der Waals surface area contributed by atoms with Crippen molar-refractivity contribution in [2.24, 2.45) is 0 Å². The third-order valence-corrected chi connectivity index (χ3v) is 7.09. The van der Waals surface area contributed by atoms with Crippen molar-refractivity contribution in [1.29, 1.82) is 0 Å². The van der Waals surface area contributed by atoms with E-state index in [-0.39, 0.29) is 34.4 Å². The number of halogens is 3. The summed E-state index contributed by atoms with van der Waals surface area (Å²) < 4.78 is 45.0. The van der Waals surface area contributed by atoms with E-state index in [1.165, 1.54) is 30.1 Å². The number of carbonyl (C=O) groups excluding carboxylic acids is 1. The molecule has 1 atom stereocenters. The number of fused-ring (bicyclic) bond motifs is 1. The number of benzene rings is 3. The molecule has 12 heteroatoms. The number of carboxylic acid groups (broad SMARTS) is 1. The summed E-state index contributed by atoms with van der Waals surface area (Å²) in [6, 6.07) is 19.3. The Morgan fingerprint density at radius 3 is 2.29 bits per heavy atom. The normalized spacial score (nSPS) is 12.3. The highest BCUT2D eigenvalue weighted by Gasteiger charge is 2.31. The lowest BCUT2D eigenvalue weighted by atomic mass is 10.1. The Morgan fingerprint density at radius 2 is 1.61 bits per heavy atom. The molecule has 1 unspecified atom stereocenters. The molecule has 41 heavy (non-hydrogen) atoms. The predicted molar refractivity (Wildman–Crippen MR) is 147 cm³/mol. The van der Waals surface area contributed by atoms with E-state index in [1.54, 1.807) is 24.3 Å². The van der Waals surface area contributed by atoms with Crippen LogP contribution in [-0.2, 0) is 16.7 Å². The molecule has 3 aromatic carbocycles. The van der Waals surface area contributed by atoms with Crippen LogP contribution in [0.1, 0.15) is 21.6 Å². The van der Waals surface area contributed by atoms with Crippen LogP contribution in [0.2, 0.25) is 0 Å². The zero-order valence-electron chi connectivity index (χ0n) is 21.1. The number of aromatic nitrogens is 3. The van der Waals surface area contributed by atoms with Gasteiger partial charge in [-0.25, -0.2) is 14.8 Å². The Labute approximate surface area is 235 Å². The number of amides is 1. The first-order valence-corrected chi connectivity index (χ1v) is 13.4. The standard InChI is InChI=1S/C29H21F3N4O4S/c30-29(31,32)19-12-10-18(11-13-19)27-36-24(25(40-27)22-14-33-20-8-4-5-9-21(20)34-22)26(37)35-23(28(38)39)16-41-15-17-6-2-1-3-7-17/h1-14,23H,15-16H2,(H,35,37)(H,38,39). The van der Waals surface area contributed by atoms with Gasteiger partial charge in [-0.2, -0.15) is 24.9 Å². The van der Waals surface area contributed by atoms with Crippen molar-refractivity contribution in [2.75, 3.05) is 5.75 Å². The predicted octanol–water partition coefficient (Wildman–Crippen LogP) is 6.09. The van der Waals surface area contributed by atoms with E-state index >= 15 is 0 Å². The van der Waals surface area contributed by atoms with Crippen LogP contribution in [-0.4, -0.2) is 43.7 Å². The Balaban J connectivity index is 1.46. The minimum absolute atomic E-state index is 0.0741. The molecule has 208 valence electrons. The zero-order valence-corrected chi connectivity index (χ0v) is 21.9. The Kier molecular flexibility index (Phi) is 8.02. The highest BCUT2D eigenvalue weighted by Crippen LogP contribution is 2.33. The molecule has 0 bridgehead atoms. The number of thioether (sulfide) groups is 1. The number of oxazole rings is 1. The van der Waals surface area contributed by atoms with E-state index in [2.05, 4.69) is 20.3 Å². The minimum atomic E-state index is -4.53. The lowest BCUT2D eigenvalue weighted by molar-refractivity contribution is -0.139. The van der Waals surface area contributed by atoms with Gasteiger partial charge >= 0.3 is 12.1 Å². The first kappa shape index (κ1) is 27.8. The summed E-state index contributed by atoms with van der Waals surface area (Å²) in [5.74, 6) is -1.71. The molecule has 2 heterocycles. The largest absolute Gasteiger partial charge is 0.480 e. The fraction of sp³-hybridized carbons (Fsp3) is 0.138. The summed E-state index contributed by atoms with van der Waals surface area (Å²) in [6.07, 6.45) is -3.16. The van der Waals surface area contributed by atoms with Crippen LogP contribution in [0.3, 0.4) is 0 Å². The van der Waals surface area contributed by atoms with Crippen molar-refractivity contribution in [2.45, 2.75) is 18.0 Å². The second-order valence-electron chi connectivity index (χ2n) is 8.88. The third kappa shape index (κ3) is 6.55. The number of para-hydroxylation sites is 2. The summed E-state index contributed by atoms with van der Waals surface area (Å²) in [7, 11) is 0. The van der Waals surface area contributed by atoms with E-state index in [0.717, 1.165) is 17.7 Å². The SMILES string of the molecule is O=C(NC(CSCc1ccccc1)C(=O)O)c1nc(-c2ccc(C(F)(F)F)cc2)oc1-c1cnc2ccccc2n1. The number of nitrogens with one attached hydrogen (secondary N) is 1. The molecule has 5 aromatic rings. The van der Waals surface area contributed by atoms with E-state index < -0.39 is 29.7 Å². The first-order chi connectivity index (χ1) is 19.7. The fourth-order valence-corrected chi connectivity index (χ4v) is 4.92. The topological polar surface area (TPSA) is 118 Å². The Morgan fingerprint density at radius 1 is 0.927 bits per heavy atom. The van der Waals surface area contributed by atoms with Crippen LogP contribution in [0.25, 0.3) is 33.9 Å². The Hall–Kier alpha value is -4.71. The van der Waals surface area contributed by atoms with Crippen molar-refractivity contribution < 1.29 is 32.3 Å². The number of carboxylic acids is 1. The molecule has 2 N–H and O–H groups in total. The molecule has 5 rings (SSSR count). The van der Waals surface area contributed by atoms with Crippen LogP contribution in [0.15, 0.2) is 89.5 Å². The van der Waals surface area contributed by atoms with Gasteiger partial charge in [0, 0.05) is 17.1 Å². The van der Waals surface area contributed by atoms with Crippen LogP contribution in [0, 0.1) is 0 Å². The lowest BCUT2D eigenvalue weighted by Gasteiger charge is -2.13. The maximum Gasteiger partial charge on any atom is 0.416 e. The van der Waals surface area contributed by atoms with E-state index in [1.807, 2.05) is 30.3 Å². The molecule has 0 radical (unpaired) electrons. The third-order valence-electron chi connectivity index (χ3n) is 5.98. The van der Waals surface area contributed by atoms with Gasteiger partial charge in [0.2, 0.25) is 5.89 Å². The van der Waals surface area contributed by atoms with Crippen LogP contribution in [0.5, 0.6) is 0 Å². The number of alkyl halides is 3.